The first kappa shape index (κ1) is 15.7. The average molecular weight is 320 g/mol. The lowest BCUT2D eigenvalue weighted by atomic mass is 10.00. The molecule has 24 heavy (non-hydrogen) atoms. The van der Waals surface area contributed by atoms with Crippen LogP contribution in [0.25, 0.3) is 0 Å². The third kappa shape index (κ3) is 2.96. The molecule has 2 aromatic rings. The van der Waals surface area contributed by atoms with Crippen molar-refractivity contribution in [3.05, 3.63) is 84.1 Å². The first-order valence-electron chi connectivity index (χ1n) is 7.52. The second-order valence-electron chi connectivity index (χ2n) is 5.49. The van der Waals surface area contributed by atoms with Gasteiger partial charge in [0.2, 0.25) is 0 Å². The Kier molecular flexibility index (Phi) is 4.24. The number of rotatable bonds is 4. The molecule has 1 N–H and O–H groups in total. The lowest BCUT2D eigenvalue weighted by Gasteiger charge is -2.33. The number of nitrogens with one attached hydrogen (secondary N) is 1. The predicted octanol–water partition coefficient (Wildman–Crippen LogP) is 1.91. The number of benzene rings is 2. The molecule has 5 heteroatoms. The molecule has 1 fully saturated rings. The van der Waals surface area contributed by atoms with Gasteiger partial charge in [-0.25, -0.2) is 0 Å². The van der Waals surface area contributed by atoms with Crippen LogP contribution in [-0.2, 0) is 16.1 Å². The molecule has 3 rings (SSSR count). The Labute approximate surface area is 139 Å². The van der Waals surface area contributed by atoms with Crippen molar-refractivity contribution in [1.29, 1.82) is 0 Å². The second-order valence-corrected chi connectivity index (χ2v) is 5.49. The summed E-state index contributed by atoms with van der Waals surface area (Å²) in [6, 6.07) is 16.5. The minimum atomic E-state index is -1.23. The molecule has 0 radical (unpaired) electrons. The summed E-state index contributed by atoms with van der Waals surface area (Å²) in [4.78, 5) is 38.7. The van der Waals surface area contributed by atoms with Crippen LogP contribution >= 0.6 is 0 Å². The molecule has 0 unspecified atom stereocenters. The van der Waals surface area contributed by atoms with Crippen LogP contribution in [0.4, 0.5) is 0 Å². The van der Waals surface area contributed by atoms with Crippen LogP contribution in [0, 0.1) is 0 Å². The Balaban J connectivity index is 1.87. The van der Waals surface area contributed by atoms with Crippen molar-refractivity contribution in [2.24, 2.45) is 0 Å². The lowest BCUT2D eigenvalue weighted by Crippen LogP contribution is -2.59. The average Bonchev–Trinajstić information content (AvgIpc) is 2.63. The van der Waals surface area contributed by atoms with Crippen LogP contribution in [-0.4, -0.2) is 28.5 Å². The van der Waals surface area contributed by atoms with E-state index in [-0.39, 0.29) is 12.2 Å². The Morgan fingerprint density at radius 3 is 2.21 bits per heavy atom. The zero-order valence-corrected chi connectivity index (χ0v) is 12.9. The molecule has 0 aromatic heterocycles. The highest BCUT2D eigenvalue weighted by atomic mass is 16.2. The maximum atomic E-state index is 12.7. The molecule has 1 atom stereocenters. The highest BCUT2D eigenvalue weighted by molar-refractivity contribution is 6.19. The molecular formula is C19H16N2O3. The van der Waals surface area contributed by atoms with Gasteiger partial charge in [0.25, 0.3) is 11.8 Å². The van der Waals surface area contributed by atoms with Gasteiger partial charge < -0.3 is 10.2 Å². The van der Waals surface area contributed by atoms with Crippen LogP contribution in [0.3, 0.4) is 0 Å². The molecule has 1 heterocycles. The van der Waals surface area contributed by atoms with E-state index in [0.717, 1.165) is 5.56 Å². The number of nitrogens with zero attached hydrogens (tertiary/aromatic N) is 1. The maximum absolute atomic E-state index is 12.7. The Morgan fingerprint density at radius 2 is 1.58 bits per heavy atom. The Hall–Kier alpha value is -3.21. The minimum absolute atomic E-state index is 0.0426. The fourth-order valence-corrected chi connectivity index (χ4v) is 2.57. The fourth-order valence-electron chi connectivity index (χ4n) is 2.57. The van der Waals surface area contributed by atoms with Gasteiger partial charge in [0.15, 0.2) is 11.8 Å². The molecule has 1 aliphatic heterocycles. The number of ketones is 1. The van der Waals surface area contributed by atoms with Crippen molar-refractivity contribution in [2.45, 2.75) is 12.6 Å². The summed E-state index contributed by atoms with van der Waals surface area (Å²) in [6.07, 6.45) is 0. The fraction of sp³-hybridized carbons (Fsp3) is 0.105. The monoisotopic (exact) mass is 320 g/mol. The van der Waals surface area contributed by atoms with E-state index in [1.165, 1.54) is 4.90 Å². The summed E-state index contributed by atoms with van der Waals surface area (Å²) in [5.74, 6) is -1.42. The lowest BCUT2D eigenvalue weighted by molar-refractivity contribution is -0.139. The molecule has 2 aromatic carbocycles. The van der Waals surface area contributed by atoms with E-state index in [2.05, 4.69) is 11.9 Å². The molecule has 0 aliphatic carbocycles. The van der Waals surface area contributed by atoms with Gasteiger partial charge in [-0.15, -0.1) is 0 Å². The normalized spacial score (nSPS) is 17.6. The highest BCUT2D eigenvalue weighted by Crippen LogP contribution is 2.18. The van der Waals surface area contributed by atoms with Crippen molar-refractivity contribution in [3.63, 3.8) is 0 Å². The number of piperazine rings is 1. The first-order chi connectivity index (χ1) is 11.6. The third-order valence-corrected chi connectivity index (χ3v) is 3.88. The molecule has 0 saturated carbocycles. The minimum Gasteiger partial charge on any atom is -0.332 e. The molecule has 5 nitrogen and oxygen atoms in total. The highest BCUT2D eigenvalue weighted by Gasteiger charge is 2.40. The van der Waals surface area contributed by atoms with Gasteiger partial charge in [0, 0.05) is 5.56 Å². The van der Waals surface area contributed by atoms with Gasteiger partial charge in [-0.3, -0.25) is 14.4 Å². The van der Waals surface area contributed by atoms with E-state index in [4.69, 9.17) is 0 Å². The number of hydrogen-bond donors (Lipinski definition) is 1. The summed E-state index contributed by atoms with van der Waals surface area (Å²) in [5.41, 5.74) is 1.27. The smallest absolute Gasteiger partial charge is 0.268 e. The number of Topliss-reactive ketones (excluding diaryl/α,β-unsaturated/α-hetero) is 1. The summed E-state index contributed by atoms with van der Waals surface area (Å²) < 4.78 is 0. The van der Waals surface area contributed by atoms with Crippen molar-refractivity contribution >= 4 is 17.6 Å². The molecule has 0 bridgehead atoms. The topological polar surface area (TPSA) is 66.5 Å². The Morgan fingerprint density at radius 1 is 1.00 bits per heavy atom. The number of carbonyl (C=O) groups is 3. The largest absolute Gasteiger partial charge is 0.332 e. The molecule has 1 aliphatic rings. The molecule has 120 valence electrons. The van der Waals surface area contributed by atoms with Crippen LogP contribution in [0.5, 0.6) is 0 Å². The number of hydrogen-bond acceptors (Lipinski definition) is 3. The molecule has 0 spiro atoms. The van der Waals surface area contributed by atoms with E-state index in [1.807, 2.05) is 30.3 Å². The third-order valence-electron chi connectivity index (χ3n) is 3.88. The summed E-state index contributed by atoms with van der Waals surface area (Å²) in [6.45, 7) is 3.87. The molecule has 2 amide bonds. The first-order valence-corrected chi connectivity index (χ1v) is 7.52. The van der Waals surface area contributed by atoms with E-state index in [9.17, 15) is 14.4 Å². The number of amides is 2. The molecule has 1 saturated heterocycles. The van der Waals surface area contributed by atoms with Crippen LogP contribution < -0.4 is 5.32 Å². The summed E-state index contributed by atoms with van der Waals surface area (Å²) in [5, 5.41) is 2.45. The summed E-state index contributed by atoms with van der Waals surface area (Å²) in [7, 11) is 0. The van der Waals surface area contributed by atoms with E-state index < -0.39 is 23.6 Å². The van der Waals surface area contributed by atoms with Gasteiger partial charge in [0.1, 0.15) is 5.70 Å². The van der Waals surface area contributed by atoms with Gasteiger partial charge in [0.05, 0.1) is 6.54 Å². The van der Waals surface area contributed by atoms with Crippen molar-refractivity contribution in [2.75, 3.05) is 0 Å². The van der Waals surface area contributed by atoms with Crippen LogP contribution in [0.1, 0.15) is 15.9 Å². The Bertz CT molecular complexity index is 796. The maximum Gasteiger partial charge on any atom is 0.268 e. The van der Waals surface area contributed by atoms with E-state index in [1.54, 1.807) is 30.3 Å². The van der Waals surface area contributed by atoms with Crippen molar-refractivity contribution in [3.8, 4) is 0 Å². The van der Waals surface area contributed by atoms with Gasteiger partial charge in [-0.1, -0.05) is 67.2 Å². The quantitative estimate of drug-likeness (QED) is 0.532. The zero-order valence-electron chi connectivity index (χ0n) is 12.9. The van der Waals surface area contributed by atoms with Gasteiger partial charge >= 0.3 is 0 Å². The summed E-state index contributed by atoms with van der Waals surface area (Å²) >= 11 is 0. The number of carbonyl (C=O) groups excluding carboxylic acids is 3. The van der Waals surface area contributed by atoms with Crippen molar-refractivity contribution < 1.29 is 14.4 Å². The van der Waals surface area contributed by atoms with Crippen LogP contribution in [0.15, 0.2) is 72.9 Å². The second kappa shape index (κ2) is 6.50. The van der Waals surface area contributed by atoms with E-state index >= 15 is 0 Å². The predicted molar refractivity (Wildman–Crippen MR) is 88.8 cm³/mol. The van der Waals surface area contributed by atoms with Gasteiger partial charge in [-0.2, -0.15) is 0 Å². The zero-order chi connectivity index (χ0) is 17.1. The van der Waals surface area contributed by atoms with E-state index in [0.29, 0.717) is 5.56 Å². The van der Waals surface area contributed by atoms with Crippen LogP contribution in [0.2, 0.25) is 0 Å². The van der Waals surface area contributed by atoms with Crippen molar-refractivity contribution in [1.82, 2.24) is 10.2 Å². The SMILES string of the molecule is C=C1C(=O)N[C@@H](C(=O)c2ccccc2)C(=O)N1Cc1ccccc1. The molecular weight excluding hydrogens is 304 g/mol. The van der Waals surface area contributed by atoms with Gasteiger partial charge in [-0.05, 0) is 5.56 Å². The standard InChI is InChI=1S/C19H16N2O3/c1-13-18(23)20-16(17(22)15-10-6-3-7-11-15)19(24)21(13)12-14-8-4-2-5-9-14/h2-11,16H,1,12H2,(H,20,23)/t16-/m0/s1.